The highest BCUT2D eigenvalue weighted by molar-refractivity contribution is 6.00. The Hall–Kier alpha value is -4.20. The van der Waals surface area contributed by atoms with Crippen LogP contribution in [0.3, 0.4) is 0 Å². The monoisotopic (exact) mass is 456 g/mol. The highest BCUT2D eigenvalue weighted by atomic mass is 16.5. The summed E-state index contributed by atoms with van der Waals surface area (Å²) in [6, 6.07) is 14.4. The van der Waals surface area contributed by atoms with E-state index in [0.29, 0.717) is 29.0 Å². The van der Waals surface area contributed by atoms with E-state index < -0.39 is 0 Å². The number of hydrogen-bond donors (Lipinski definition) is 2. The summed E-state index contributed by atoms with van der Waals surface area (Å²) in [5, 5.41) is 10.3. The van der Waals surface area contributed by atoms with Crippen LogP contribution < -0.4 is 15.4 Å². The number of amides is 2. The number of carbonyl (C=O) groups is 1. The van der Waals surface area contributed by atoms with Gasteiger partial charge >= 0.3 is 6.03 Å². The smallest absolute Gasteiger partial charge is 0.323 e. The van der Waals surface area contributed by atoms with Gasteiger partial charge in [-0.15, -0.1) is 0 Å². The molecule has 4 aromatic rings. The van der Waals surface area contributed by atoms with Gasteiger partial charge in [-0.2, -0.15) is 10.1 Å². The van der Waals surface area contributed by atoms with Crippen LogP contribution in [0.1, 0.15) is 33.9 Å². The first kappa shape index (κ1) is 23.0. The van der Waals surface area contributed by atoms with Crippen LogP contribution in [0, 0.1) is 41.5 Å². The Labute approximate surface area is 199 Å². The van der Waals surface area contributed by atoms with Crippen molar-refractivity contribution in [3.8, 4) is 17.4 Å². The molecule has 8 nitrogen and oxygen atoms in total. The Morgan fingerprint density at radius 2 is 1.62 bits per heavy atom. The first-order valence-electron chi connectivity index (χ1n) is 11.0. The summed E-state index contributed by atoms with van der Waals surface area (Å²) in [7, 11) is 0. The quantitative estimate of drug-likeness (QED) is 0.387. The number of urea groups is 1. The van der Waals surface area contributed by atoms with Crippen molar-refractivity contribution in [2.24, 2.45) is 0 Å². The average molecular weight is 457 g/mol. The van der Waals surface area contributed by atoms with E-state index in [1.807, 2.05) is 59.7 Å². The third kappa shape index (κ3) is 5.06. The molecule has 0 aliphatic heterocycles. The number of rotatable bonds is 5. The predicted octanol–water partition coefficient (Wildman–Crippen LogP) is 5.95. The summed E-state index contributed by atoms with van der Waals surface area (Å²) in [5.74, 6) is 2.24. The summed E-state index contributed by atoms with van der Waals surface area (Å²) in [4.78, 5) is 21.3. The number of nitrogens with zero attached hydrogens (tertiary/aromatic N) is 4. The second kappa shape index (κ2) is 9.35. The van der Waals surface area contributed by atoms with Gasteiger partial charge < -0.3 is 15.4 Å². The van der Waals surface area contributed by atoms with Crippen LogP contribution in [-0.2, 0) is 0 Å². The van der Waals surface area contributed by atoms with Crippen molar-refractivity contribution in [1.29, 1.82) is 0 Å². The van der Waals surface area contributed by atoms with Gasteiger partial charge in [0.05, 0.1) is 5.69 Å². The molecule has 0 aliphatic rings. The Kier molecular flexibility index (Phi) is 6.32. The number of benzene rings is 2. The van der Waals surface area contributed by atoms with Gasteiger partial charge in [0.2, 0.25) is 5.88 Å². The fraction of sp³-hybridized carbons (Fsp3) is 0.231. The highest BCUT2D eigenvalue weighted by Crippen LogP contribution is 2.24. The highest BCUT2D eigenvalue weighted by Gasteiger charge is 2.13. The van der Waals surface area contributed by atoms with E-state index in [2.05, 4.69) is 25.7 Å². The minimum atomic E-state index is -0.308. The largest absolute Gasteiger partial charge is 0.439 e. The summed E-state index contributed by atoms with van der Waals surface area (Å²) < 4.78 is 7.76. The van der Waals surface area contributed by atoms with Gasteiger partial charge in [-0.1, -0.05) is 17.7 Å². The number of nitrogens with one attached hydrogen (secondary N) is 2. The molecule has 174 valence electrons. The van der Waals surface area contributed by atoms with Crippen LogP contribution >= 0.6 is 0 Å². The van der Waals surface area contributed by atoms with Gasteiger partial charge in [-0.3, -0.25) is 0 Å². The molecule has 0 unspecified atom stereocenters. The van der Waals surface area contributed by atoms with Crippen LogP contribution in [0.25, 0.3) is 5.82 Å². The van der Waals surface area contributed by atoms with Crippen molar-refractivity contribution in [2.75, 3.05) is 10.6 Å². The third-order valence-corrected chi connectivity index (χ3v) is 5.64. The minimum Gasteiger partial charge on any atom is -0.439 e. The van der Waals surface area contributed by atoms with Crippen molar-refractivity contribution in [3.63, 3.8) is 0 Å². The standard InChI is InChI=1S/C26H28N6O2/c1-15-7-12-23(16(2)13-15)30-26(33)29-21-8-10-22(11-9-21)34-25-14-24(27-20(6)28-25)32-19(5)17(3)18(4)31-32/h7-14H,1-6H3,(H2,29,30,33). The second-order valence-electron chi connectivity index (χ2n) is 8.34. The van der Waals surface area contributed by atoms with Gasteiger partial charge in [0.1, 0.15) is 11.6 Å². The van der Waals surface area contributed by atoms with Gasteiger partial charge in [0.15, 0.2) is 5.82 Å². The minimum absolute atomic E-state index is 0.308. The van der Waals surface area contributed by atoms with E-state index in [-0.39, 0.29) is 6.03 Å². The van der Waals surface area contributed by atoms with Gasteiger partial charge in [0, 0.05) is 23.1 Å². The van der Waals surface area contributed by atoms with Crippen LogP contribution in [0.2, 0.25) is 0 Å². The normalized spacial score (nSPS) is 10.8. The Morgan fingerprint density at radius 1 is 0.882 bits per heavy atom. The molecule has 2 aromatic heterocycles. The lowest BCUT2D eigenvalue weighted by molar-refractivity contribution is 0.262. The molecule has 0 saturated carbocycles. The molecule has 4 rings (SSSR count). The van der Waals surface area contributed by atoms with E-state index in [4.69, 9.17) is 4.74 Å². The topological polar surface area (TPSA) is 94.0 Å². The van der Waals surface area contributed by atoms with Crippen molar-refractivity contribution in [2.45, 2.75) is 41.5 Å². The first-order valence-corrected chi connectivity index (χ1v) is 11.0. The fourth-order valence-electron chi connectivity index (χ4n) is 3.60. The molecule has 34 heavy (non-hydrogen) atoms. The maximum absolute atomic E-state index is 12.4. The number of hydrogen-bond acceptors (Lipinski definition) is 5. The summed E-state index contributed by atoms with van der Waals surface area (Å²) >= 11 is 0. The first-order chi connectivity index (χ1) is 16.2. The molecule has 2 heterocycles. The summed E-state index contributed by atoms with van der Waals surface area (Å²) in [5.41, 5.74) is 6.69. The van der Waals surface area contributed by atoms with Gasteiger partial charge in [0.25, 0.3) is 0 Å². The summed E-state index contributed by atoms with van der Waals surface area (Å²) in [6.45, 7) is 11.8. The third-order valence-electron chi connectivity index (χ3n) is 5.64. The molecular formula is C26H28N6O2. The van der Waals surface area contributed by atoms with E-state index >= 15 is 0 Å². The van der Waals surface area contributed by atoms with E-state index in [1.165, 1.54) is 0 Å². The number of anilines is 2. The molecule has 0 spiro atoms. The molecule has 2 N–H and O–H groups in total. The van der Waals surface area contributed by atoms with E-state index in [9.17, 15) is 4.79 Å². The Morgan fingerprint density at radius 3 is 2.26 bits per heavy atom. The van der Waals surface area contributed by atoms with Crippen LogP contribution in [-0.4, -0.2) is 25.8 Å². The average Bonchev–Trinajstić information content (AvgIpc) is 3.04. The fourth-order valence-corrected chi connectivity index (χ4v) is 3.60. The zero-order valence-corrected chi connectivity index (χ0v) is 20.2. The van der Waals surface area contributed by atoms with Crippen LogP contribution in [0.15, 0.2) is 48.5 Å². The zero-order valence-electron chi connectivity index (χ0n) is 20.2. The molecule has 2 aromatic carbocycles. The number of carbonyl (C=O) groups excluding carboxylic acids is 1. The lowest BCUT2D eigenvalue weighted by Crippen LogP contribution is -2.19. The number of aromatic nitrogens is 4. The predicted molar refractivity (Wildman–Crippen MR) is 133 cm³/mol. The maximum atomic E-state index is 12.4. The Bertz CT molecular complexity index is 1360. The van der Waals surface area contributed by atoms with Crippen molar-refractivity contribution in [1.82, 2.24) is 19.7 Å². The maximum Gasteiger partial charge on any atom is 0.323 e. The van der Waals surface area contributed by atoms with Crippen molar-refractivity contribution in [3.05, 3.63) is 82.4 Å². The molecule has 2 amide bonds. The summed E-state index contributed by atoms with van der Waals surface area (Å²) in [6.07, 6.45) is 0. The molecule has 0 saturated heterocycles. The molecule has 0 atom stereocenters. The number of aryl methyl sites for hydroxylation is 4. The molecule has 0 fully saturated rings. The van der Waals surface area contributed by atoms with Crippen LogP contribution in [0.5, 0.6) is 11.6 Å². The molecular weight excluding hydrogens is 428 g/mol. The lowest BCUT2D eigenvalue weighted by Gasteiger charge is -2.11. The molecule has 0 bridgehead atoms. The van der Waals surface area contributed by atoms with Gasteiger partial charge in [-0.25, -0.2) is 14.5 Å². The van der Waals surface area contributed by atoms with Crippen molar-refractivity contribution >= 4 is 17.4 Å². The van der Waals surface area contributed by atoms with Crippen molar-refractivity contribution < 1.29 is 9.53 Å². The van der Waals surface area contributed by atoms with Gasteiger partial charge in [-0.05, 0) is 83.0 Å². The SMILES string of the molecule is Cc1ccc(NC(=O)Nc2ccc(Oc3cc(-n4nc(C)c(C)c4C)nc(C)n3)cc2)c(C)c1. The van der Waals surface area contributed by atoms with E-state index in [0.717, 1.165) is 33.8 Å². The zero-order chi connectivity index (χ0) is 24.4. The second-order valence-corrected chi connectivity index (χ2v) is 8.34. The molecule has 0 aliphatic carbocycles. The van der Waals surface area contributed by atoms with Crippen LogP contribution in [0.4, 0.5) is 16.2 Å². The molecule has 8 heteroatoms. The lowest BCUT2D eigenvalue weighted by atomic mass is 10.1. The number of ether oxygens (including phenoxy) is 1. The Balaban J connectivity index is 1.45. The van der Waals surface area contributed by atoms with E-state index in [1.54, 1.807) is 35.0 Å². The molecule has 0 radical (unpaired) electrons.